The van der Waals surface area contributed by atoms with Gasteiger partial charge >= 0.3 is 0 Å². The summed E-state index contributed by atoms with van der Waals surface area (Å²) >= 11 is 1.38. The van der Waals surface area contributed by atoms with E-state index in [9.17, 15) is 9.18 Å². The highest BCUT2D eigenvalue weighted by Crippen LogP contribution is 2.17. The SMILES string of the molecule is CC(N)c1nc(C(=O)Cc2ccc(F)cc2)cs1. The zero-order chi connectivity index (χ0) is 13.1. The number of aromatic nitrogens is 1. The lowest BCUT2D eigenvalue weighted by Gasteiger charge is -1.99. The fraction of sp³-hybridized carbons (Fsp3) is 0.231. The molecule has 0 aliphatic rings. The van der Waals surface area contributed by atoms with Crippen molar-refractivity contribution < 1.29 is 9.18 Å². The molecule has 1 aromatic heterocycles. The third-order valence-electron chi connectivity index (χ3n) is 2.48. The van der Waals surface area contributed by atoms with Crippen LogP contribution in [0.5, 0.6) is 0 Å². The van der Waals surface area contributed by atoms with Crippen LogP contribution in [0, 0.1) is 5.82 Å². The van der Waals surface area contributed by atoms with E-state index in [1.54, 1.807) is 17.5 Å². The lowest BCUT2D eigenvalue weighted by atomic mass is 10.1. The van der Waals surface area contributed by atoms with Crippen LogP contribution in [0.15, 0.2) is 29.6 Å². The molecular formula is C13H13FN2OS. The summed E-state index contributed by atoms with van der Waals surface area (Å²) in [4.78, 5) is 16.1. The van der Waals surface area contributed by atoms with Gasteiger partial charge in [0.2, 0.25) is 0 Å². The van der Waals surface area contributed by atoms with E-state index in [-0.39, 0.29) is 24.1 Å². The van der Waals surface area contributed by atoms with Crippen molar-refractivity contribution in [1.29, 1.82) is 0 Å². The summed E-state index contributed by atoms with van der Waals surface area (Å²) in [5.74, 6) is -0.385. The number of nitrogens with two attached hydrogens (primary N) is 1. The van der Waals surface area contributed by atoms with Crippen molar-refractivity contribution in [3.63, 3.8) is 0 Å². The predicted octanol–water partition coefficient (Wildman–Crippen LogP) is 2.73. The van der Waals surface area contributed by atoms with E-state index in [2.05, 4.69) is 4.98 Å². The van der Waals surface area contributed by atoms with Crippen molar-refractivity contribution in [3.05, 3.63) is 51.7 Å². The molecular weight excluding hydrogens is 251 g/mol. The molecule has 3 nitrogen and oxygen atoms in total. The zero-order valence-electron chi connectivity index (χ0n) is 9.89. The summed E-state index contributed by atoms with van der Waals surface area (Å²) in [6, 6.07) is 5.73. The fourth-order valence-electron chi connectivity index (χ4n) is 1.50. The van der Waals surface area contributed by atoms with Crippen LogP contribution in [0.2, 0.25) is 0 Å². The van der Waals surface area contributed by atoms with Crippen molar-refractivity contribution in [2.75, 3.05) is 0 Å². The van der Waals surface area contributed by atoms with Crippen LogP contribution in [-0.4, -0.2) is 10.8 Å². The number of Topliss-reactive ketones (excluding diaryl/α,β-unsaturated/α-hetero) is 1. The van der Waals surface area contributed by atoms with Gasteiger partial charge in [-0.2, -0.15) is 0 Å². The monoisotopic (exact) mass is 264 g/mol. The lowest BCUT2D eigenvalue weighted by Crippen LogP contribution is -2.07. The molecule has 1 atom stereocenters. The molecule has 0 saturated heterocycles. The van der Waals surface area contributed by atoms with Crippen molar-refractivity contribution in [2.24, 2.45) is 5.73 Å². The number of carbonyl (C=O) groups excluding carboxylic acids is 1. The van der Waals surface area contributed by atoms with Gasteiger partial charge in [0.25, 0.3) is 0 Å². The van der Waals surface area contributed by atoms with Gasteiger partial charge in [-0.3, -0.25) is 4.79 Å². The van der Waals surface area contributed by atoms with E-state index in [1.165, 1.54) is 23.5 Å². The number of thiazole rings is 1. The molecule has 2 rings (SSSR count). The largest absolute Gasteiger partial charge is 0.322 e. The second-order valence-corrected chi connectivity index (χ2v) is 4.98. The smallest absolute Gasteiger partial charge is 0.186 e. The minimum absolute atomic E-state index is 0.0789. The first-order valence-corrected chi connectivity index (χ1v) is 6.43. The minimum atomic E-state index is -0.306. The first kappa shape index (κ1) is 12.9. The van der Waals surface area contributed by atoms with E-state index in [1.807, 2.05) is 6.92 Å². The Bertz CT molecular complexity index is 548. The third kappa shape index (κ3) is 3.00. The molecule has 0 amide bonds. The van der Waals surface area contributed by atoms with Gasteiger partial charge < -0.3 is 5.73 Å². The summed E-state index contributed by atoms with van der Waals surface area (Å²) in [5.41, 5.74) is 6.89. The van der Waals surface area contributed by atoms with Gasteiger partial charge in [0.1, 0.15) is 16.5 Å². The second kappa shape index (κ2) is 5.37. The molecule has 0 aliphatic carbocycles. The molecule has 2 aromatic rings. The zero-order valence-corrected chi connectivity index (χ0v) is 10.7. The first-order chi connectivity index (χ1) is 8.56. The summed E-state index contributed by atoms with van der Waals surface area (Å²) in [6.07, 6.45) is 0.225. The standard InChI is InChI=1S/C13H13FN2OS/c1-8(15)13-16-11(7-18-13)12(17)6-9-2-4-10(14)5-3-9/h2-5,7-8H,6,15H2,1H3. The lowest BCUT2D eigenvalue weighted by molar-refractivity contribution is 0.0988. The van der Waals surface area contributed by atoms with Gasteiger partial charge in [-0.25, -0.2) is 9.37 Å². The molecule has 0 radical (unpaired) electrons. The molecule has 0 saturated carbocycles. The van der Waals surface area contributed by atoms with Gasteiger partial charge in [-0.1, -0.05) is 12.1 Å². The predicted molar refractivity (Wildman–Crippen MR) is 69.2 cm³/mol. The molecule has 2 N–H and O–H groups in total. The molecule has 1 aromatic carbocycles. The van der Waals surface area contributed by atoms with Crippen molar-refractivity contribution in [1.82, 2.24) is 4.98 Å². The first-order valence-electron chi connectivity index (χ1n) is 5.55. The van der Waals surface area contributed by atoms with Gasteiger partial charge in [0, 0.05) is 11.8 Å². The van der Waals surface area contributed by atoms with Crippen molar-refractivity contribution in [2.45, 2.75) is 19.4 Å². The molecule has 1 heterocycles. The number of benzene rings is 1. The highest BCUT2D eigenvalue weighted by molar-refractivity contribution is 7.09. The van der Waals surface area contributed by atoms with Crippen LogP contribution in [-0.2, 0) is 6.42 Å². The molecule has 94 valence electrons. The van der Waals surface area contributed by atoms with Crippen LogP contribution in [0.3, 0.4) is 0 Å². The number of ketones is 1. The maximum absolute atomic E-state index is 12.7. The van der Waals surface area contributed by atoms with Crippen LogP contribution in [0.1, 0.15) is 34.0 Å². The highest BCUT2D eigenvalue weighted by atomic mass is 32.1. The van der Waals surface area contributed by atoms with E-state index in [0.29, 0.717) is 5.69 Å². The number of rotatable bonds is 4. The van der Waals surface area contributed by atoms with Crippen LogP contribution in [0.25, 0.3) is 0 Å². The maximum atomic E-state index is 12.7. The Hall–Kier alpha value is -1.59. The average molecular weight is 264 g/mol. The summed E-state index contributed by atoms with van der Waals surface area (Å²) in [7, 11) is 0. The minimum Gasteiger partial charge on any atom is -0.322 e. The average Bonchev–Trinajstić information content (AvgIpc) is 2.81. The molecule has 0 aliphatic heterocycles. The summed E-state index contributed by atoms with van der Waals surface area (Å²) in [6.45, 7) is 1.83. The molecule has 0 bridgehead atoms. The normalized spacial score (nSPS) is 12.4. The van der Waals surface area contributed by atoms with Gasteiger partial charge in [-0.15, -0.1) is 11.3 Å². The number of hydrogen-bond acceptors (Lipinski definition) is 4. The quantitative estimate of drug-likeness (QED) is 0.864. The number of carbonyl (C=O) groups is 1. The van der Waals surface area contributed by atoms with Crippen LogP contribution >= 0.6 is 11.3 Å². The van der Waals surface area contributed by atoms with Crippen LogP contribution < -0.4 is 5.73 Å². The van der Waals surface area contributed by atoms with Gasteiger partial charge in [-0.05, 0) is 24.6 Å². The molecule has 1 unspecified atom stereocenters. The summed E-state index contributed by atoms with van der Waals surface area (Å²) < 4.78 is 12.7. The Morgan fingerprint density at radius 3 is 2.67 bits per heavy atom. The Morgan fingerprint density at radius 2 is 2.11 bits per heavy atom. The Morgan fingerprint density at radius 1 is 1.44 bits per heavy atom. The Balaban J connectivity index is 2.09. The number of hydrogen-bond donors (Lipinski definition) is 1. The highest BCUT2D eigenvalue weighted by Gasteiger charge is 2.13. The summed E-state index contributed by atoms with van der Waals surface area (Å²) in [5, 5.41) is 2.46. The van der Waals surface area contributed by atoms with E-state index in [0.717, 1.165) is 10.6 Å². The van der Waals surface area contributed by atoms with Crippen molar-refractivity contribution in [3.8, 4) is 0 Å². The molecule has 0 spiro atoms. The maximum Gasteiger partial charge on any atom is 0.186 e. The number of halogens is 1. The second-order valence-electron chi connectivity index (χ2n) is 4.09. The Labute approximate surface area is 108 Å². The Kier molecular flexibility index (Phi) is 3.84. The van der Waals surface area contributed by atoms with E-state index in [4.69, 9.17) is 5.73 Å². The van der Waals surface area contributed by atoms with E-state index >= 15 is 0 Å². The van der Waals surface area contributed by atoms with Gasteiger partial charge in [0.05, 0.1) is 6.04 Å². The molecule has 5 heteroatoms. The molecule has 0 fully saturated rings. The van der Waals surface area contributed by atoms with Gasteiger partial charge in [0.15, 0.2) is 5.78 Å². The fourth-order valence-corrected chi connectivity index (χ4v) is 2.29. The molecule has 18 heavy (non-hydrogen) atoms. The topological polar surface area (TPSA) is 56.0 Å². The van der Waals surface area contributed by atoms with E-state index < -0.39 is 0 Å². The third-order valence-corrected chi connectivity index (χ3v) is 3.52. The van der Waals surface area contributed by atoms with Crippen molar-refractivity contribution >= 4 is 17.1 Å². The van der Waals surface area contributed by atoms with Crippen LogP contribution in [0.4, 0.5) is 4.39 Å². The number of nitrogens with zero attached hydrogens (tertiary/aromatic N) is 1.